The number of sulfonamides is 1. The van der Waals surface area contributed by atoms with Crippen molar-refractivity contribution in [2.45, 2.75) is 18.2 Å². The lowest BCUT2D eigenvalue weighted by Crippen LogP contribution is -2.26. The van der Waals surface area contributed by atoms with Crippen molar-refractivity contribution in [2.24, 2.45) is 0 Å². The van der Waals surface area contributed by atoms with Crippen LogP contribution in [0.2, 0.25) is 0 Å². The van der Waals surface area contributed by atoms with Gasteiger partial charge in [-0.1, -0.05) is 11.3 Å². The first-order valence-electron chi connectivity index (χ1n) is 8.77. The molecule has 29 heavy (non-hydrogen) atoms. The number of benzene rings is 1. The molecule has 7 nitrogen and oxygen atoms in total. The molecule has 0 aliphatic carbocycles. The summed E-state index contributed by atoms with van der Waals surface area (Å²) >= 11 is 1.23. The third kappa shape index (κ3) is 5.43. The van der Waals surface area contributed by atoms with Crippen LogP contribution in [0.1, 0.15) is 27.2 Å². The summed E-state index contributed by atoms with van der Waals surface area (Å²) < 4.78 is 39.6. The van der Waals surface area contributed by atoms with Crippen LogP contribution < -0.4 is 10.0 Å². The third-order valence-electron chi connectivity index (χ3n) is 4.06. The Morgan fingerprint density at radius 2 is 1.90 bits per heavy atom. The highest BCUT2D eigenvalue weighted by molar-refractivity contribution is 7.89. The van der Waals surface area contributed by atoms with E-state index < -0.39 is 15.8 Å². The highest BCUT2D eigenvalue weighted by Gasteiger charge is 2.16. The van der Waals surface area contributed by atoms with Gasteiger partial charge in [0.25, 0.3) is 0 Å². The molecular formula is C19H19FN4O3S2. The third-order valence-corrected chi connectivity index (χ3v) is 6.49. The molecule has 3 rings (SSSR count). The van der Waals surface area contributed by atoms with Crippen LogP contribution in [0.3, 0.4) is 0 Å². The van der Waals surface area contributed by atoms with Crippen molar-refractivity contribution in [2.75, 3.05) is 18.4 Å². The monoisotopic (exact) mass is 434 g/mol. The molecular weight excluding hydrogens is 415 g/mol. The number of nitrogens with one attached hydrogen (secondary N) is 2. The van der Waals surface area contributed by atoms with E-state index in [1.165, 1.54) is 35.9 Å². The molecule has 0 radical (unpaired) electrons. The zero-order valence-electron chi connectivity index (χ0n) is 15.6. The van der Waals surface area contributed by atoms with E-state index in [9.17, 15) is 17.6 Å². The summed E-state index contributed by atoms with van der Waals surface area (Å²) in [6, 6.07) is 6.41. The number of nitrogens with zero attached hydrogens (tertiary/aromatic N) is 2. The Morgan fingerprint density at radius 3 is 2.62 bits per heavy atom. The van der Waals surface area contributed by atoms with Crippen molar-refractivity contribution in [1.82, 2.24) is 14.7 Å². The summed E-state index contributed by atoms with van der Waals surface area (Å²) in [5.74, 6) is -0.624. The van der Waals surface area contributed by atoms with Crippen LogP contribution in [0.15, 0.2) is 53.8 Å². The van der Waals surface area contributed by atoms with Crippen molar-refractivity contribution in [3.8, 4) is 0 Å². The van der Waals surface area contributed by atoms with Gasteiger partial charge in [0.15, 0.2) is 5.13 Å². The Hall–Kier alpha value is -2.69. The average Bonchev–Trinajstić information content (AvgIpc) is 3.17. The number of ketones is 1. The minimum Gasteiger partial charge on any atom is -0.361 e. The molecule has 2 N–H and O–H groups in total. The van der Waals surface area contributed by atoms with E-state index in [0.29, 0.717) is 28.5 Å². The maximum atomic E-state index is 12.9. The van der Waals surface area contributed by atoms with E-state index in [1.54, 1.807) is 12.3 Å². The maximum absolute atomic E-state index is 12.9. The molecule has 2 aromatic heterocycles. The molecule has 1 aromatic carbocycles. The van der Waals surface area contributed by atoms with Gasteiger partial charge in [0.1, 0.15) is 5.82 Å². The highest BCUT2D eigenvalue weighted by Crippen LogP contribution is 2.22. The molecule has 0 spiro atoms. The fourth-order valence-corrected chi connectivity index (χ4v) is 4.35. The molecule has 0 atom stereocenters. The highest BCUT2D eigenvalue weighted by atomic mass is 32.2. The Bertz CT molecular complexity index is 1100. The normalized spacial score (nSPS) is 11.4. The van der Waals surface area contributed by atoms with Gasteiger partial charge in [0, 0.05) is 31.0 Å². The van der Waals surface area contributed by atoms with E-state index in [1.807, 2.05) is 6.92 Å². The number of halogens is 1. The smallest absolute Gasteiger partial charge is 0.240 e. The number of aryl methyl sites for hydroxylation is 1. The number of carbonyl (C=O) groups is 1. The number of aromatic nitrogens is 2. The second-order valence-electron chi connectivity index (χ2n) is 6.18. The lowest BCUT2D eigenvalue weighted by Gasteiger charge is -2.07. The maximum Gasteiger partial charge on any atom is 0.240 e. The summed E-state index contributed by atoms with van der Waals surface area (Å²) in [5, 5.41) is 3.65. The van der Waals surface area contributed by atoms with E-state index in [-0.39, 0.29) is 17.2 Å². The van der Waals surface area contributed by atoms with Crippen molar-refractivity contribution in [3.05, 3.63) is 70.7 Å². The molecule has 0 aliphatic rings. The van der Waals surface area contributed by atoms with Gasteiger partial charge in [-0.3, -0.25) is 9.78 Å². The molecule has 152 valence electrons. The Balaban J connectivity index is 1.47. The molecule has 0 saturated heterocycles. The number of pyridine rings is 1. The van der Waals surface area contributed by atoms with Crippen molar-refractivity contribution in [1.29, 1.82) is 0 Å². The fourth-order valence-electron chi connectivity index (χ4n) is 2.48. The average molecular weight is 435 g/mol. The number of anilines is 1. The SMILES string of the molecule is Cc1ccncc1C(=O)c1cnc(NCCCNS(=O)(=O)c2ccc(F)cc2)s1. The van der Waals surface area contributed by atoms with E-state index >= 15 is 0 Å². The molecule has 0 aliphatic heterocycles. The van der Waals surface area contributed by atoms with Crippen LogP contribution in [0.25, 0.3) is 0 Å². The van der Waals surface area contributed by atoms with Crippen LogP contribution in [0.4, 0.5) is 9.52 Å². The summed E-state index contributed by atoms with van der Waals surface area (Å²) in [5.41, 5.74) is 1.39. The first kappa shape index (κ1) is 21.0. The zero-order valence-corrected chi connectivity index (χ0v) is 17.2. The van der Waals surface area contributed by atoms with Crippen LogP contribution in [-0.4, -0.2) is 37.3 Å². The number of hydrogen-bond acceptors (Lipinski definition) is 7. The van der Waals surface area contributed by atoms with Gasteiger partial charge in [-0.15, -0.1) is 0 Å². The first-order valence-corrected chi connectivity index (χ1v) is 11.1. The Kier molecular flexibility index (Phi) is 6.68. The quantitative estimate of drug-likeness (QED) is 0.397. The lowest BCUT2D eigenvalue weighted by atomic mass is 10.1. The largest absolute Gasteiger partial charge is 0.361 e. The number of thiazole rings is 1. The van der Waals surface area contributed by atoms with E-state index in [0.717, 1.165) is 17.7 Å². The predicted octanol–water partition coefficient (Wildman–Crippen LogP) is 3.00. The zero-order chi connectivity index (χ0) is 20.9. The number of hydrogen-bond donors (Lipinski definition) is 2. The lowest BCUT2D eigenvalue weighted by molar-refractivity contribution is 0.104. The second-order valence-corrected chi connectivity index (χ2v) is 8.98. The Labute approximate surface area is 172 Å². The summed E-state index contributed by atoms with van der Waals surface area (Å²) in [4.78, 5) is 21.2. The molecule has 0 amide bonds. The topological polar surface area (TPSA) is 101 Å². The van der Waals surface area contributed by atoms with Gasteiger partial charge in [0.05, 0.1) is 16.0 Å². The molecule has 0 bridgehead atoms. The van der Waals surface area contributed by atoms with Gasteiger partial charge in [0.2, 0.25) is 15.8 Å². The molecule has 0 saturated carbocycles. The molecule has 0 fully saturated rings. The molecule has 3 aromatic rings. The molecule has 10 heteroatoms. The summed E-state index contributed by atoms with van der Waals surface area (Å²) in [6.07, 6.45) is 5.19. The second kappa shape index (κ2) is 9.21. The fraction of sp³-hybridized carbons (Fsp3) is 0.211. The van der Waals surface area contributed by atoms with E-state index in [4.69, 9.17) is 0 Å². The number of carbonyl (C=O) groups excluding carboxylic acids is 1. The summed E-state index contributed by atoms with van der Waals surface area (Å²) in [7, 11) is -3.67. The first-order chi connectivity index (χ1) is 13.9. The van der Waals surface area contributed by atoms with Gasteiger partial charge >= 0.3 is 0 Å². The van der Waals surface area contributed by atoms with Gasteiger partial charge in [-0.2, -0.15) is 0 Å². The van der Waals surface area contributed by atoms with Crippen molar-refractivity contribution in [3.63, 3.8) is 0 Å². The summed E-state index contributed by atoms with van der Waals surface area (Å²) in [6.45, 7) is 2.53. The van der Waals surface area contributed by atoms with Crippen molar-refractivity contribution >= 4 is 32.3 Å². The predicted molar refractivity (Wildman–Crippen MR) is 109 cm³/mol. The van der Waals surface area contributed by atoms with Crippen LogP contribution >= 0.6 is 11.3 Å². The minimum absolute atomic E-state index is 0.0145. The van der Waals surface area contributed by atoms with E-state index in [2.05, 4.69) is 20.0 Å². The van der Waals surface area contributed by atoms with Crippen LogP contribution in [0, 0.1) is 12.7 Å². The Morgan fingerprint density at radius 1 is 1.14 bits per heavy atom. The molecule has 2 heterocycles. The van der Waals surface area contributed by atoms with Gasteiger partial charge < -0.3 is 5.32 Å². The number of rotatable bonds is 9. The van der Waals surface area contributed by atoms with Crippen LogP contribution in [-0.2, 0) is 10.0 Å². The van der Waals surface area contributed by atoms with Crippen molar-refractivity contribution < 1.29 is 17.6 Å². The van der Waals surface area contributed by atoms with Gasteiger partial charge in [-0.05, 0) is 49.2 Å². The van der Waals surface area contributed by atoms with Gasteiger partial charge in [-0.25, -0.2) is 22.5 Å². The molecule has 0 unspecified atom stereocenters. The minimum atomic E-state index is -3.67. The standard InChI is InChI=1S/C19H19FN4O3S2/c1-13-7-10-21-11-16(13)18(25)17-12-23-19(28-17)22-8-2-9-24-29(26,27)15-5-3-14(20)4-6-15/h3-7,10-12,24H,2,8-9H2,1H3,(H,22,23). The van der Waals surface area contributed by atoms with Crippen LogP contribution in [0.5, 0.6) is 0 Å².